The van der Waals surface area contributed by atoms with Crippen molar-refractivity contribution in [1.82, 2.24) is 14.9 Å². The highest BCUT2D eigenvalue weighted by molar-refractivity contribution is 7.99. The highest BCUT2D eigenvalue weighted by Gasteiger charge is 2.23. The molecular formula is C18H23N3O2S. The molecular weight excluding hydrogens is 322 g/mol. The molecule has 1 aliphatic carbocycles. The minimum absolute atomic E-state index is 0.0147. The quantitative estimate of drug-likeness (QED) is 0.862. The van der Waals surface area contributed by atoms with E-state index in [0.717, 1.165) is 17.5 Å². The molecule has 1 aliphatic rings. The van der Waals surface area contributed by atoms with Crippen LogP contribution in [0.15, 0.2) is 29.4 Å². The number of hydrogen-bond donors (Lipinski definition) is 1. The minimum Gasteiger partial charge on any atom is -0.352 e. The number of rotatable bonds is 4. The van der Waals surface area contributed by atoms with Gasteiger partial charge in [0.1, 0.15) is 0 Å². The molecule has 0 radical (unpaired) electrons. The van der Waals surface area contributed by atoms with Crippen molar-refractivity contribution in [3.05, 3.63) is 24.3 Å². The molecule has 6 heteroatoms. The van der Waals surface area contributed by atoms with E-state index in [9.17, 15) is 9.59 Å². The second kappa shape index (κ2) is 7.38. The summed E-state index contributed by atoms with van der Waals surface area (Å²) in [5.74, 6) is 0.739. The van der Waals surface area contributed by atoms with Crippen LogP contribution in [0.5, 0.6) is 0 Å². The lowest BCUT2D eigenvalue weighted by atomic mass is 9.86. The van der Waals surface area contributed by atoms with Crippen LogP contribution in [0.2, 0.25) is 0 Å². The molecule has 1 saturated carbocycles. The van der Waals surface area contributed by atoms with Gasteiger partial charge in [0.05, 0.1) is 16.8 Å². The third kappa shape index (κ3) is 3.64. The zero-order valence-corrected chi connectivity index (χ0v) is 14.9. The number of para-hydroxylation sites is 2. The summed E-state index contributed by atoms with van der Waals surface area (Å²) in [6.45, 7) is 3.72. The number of nitrogens with one attached hydrogen (secondary N) is 1. The average Bonchev–Trinajstić information content (AvgIpc) is 2.93. The molecule has 2 unspecified atom stereocenters. The predicted molar refractivity (Wildman–Crippen MR) is 96.3 cm³/mol. The van der Waals surface area contributed by atoms with E-state index in [2.05, 4.69) is 17.2 Å². The van der Waals surface area contributed by atoms with Gasteiger partial charge < -0.3 is 5.32 Å². The highest BCUT2D eigenvalue weighted by Crippen LogP contribution is 2.25. The number of fused-ring (bicyclic) bond motifs is 1. The molecule has 2 atom stereocenters. The van der Waals surface area contributed by atoms with Crippen LogP contribution < -0.4 is 5.32 Å². The third-order valence-corrected chi connectivity index (χ3v) is 5.57. The number of aromatic nitrogens is 2. The Labute approximate surface area is 146 Å². The van der Waals surface area contributed by atoms with Gasteiger partial charge in [-0.25, -0.2) is 4.98 Å². The van der Waals surface area contributed by atoms with Crippen LogP contribution in [0, 0.1) is 5.92 Å². The molecule has 5 nitrogen and oxygen atoms in total. The summed E-state index contributed by atoms with van der Waals surface area (Å²) in [6, 6.07) is 7.80. The fourth-order valence-corrected chi connectivity index (χ4v) is 4.18. The number of imidazole rings is 1. The van der Waals surface area contributed by atoms with Crippen LogP contribution in [0.25, 0.3) is 11.0 Å². The molecule has 3 rings (SSSR count). The first-order valence-corrected chi connectivity index (χ1v) is 9.45. The smallest absolute Gasteiger partial charge is 0.230 e. The zero-order valence-electron chi connectivity index (χ0n) is 14.1. The summed E-state index contributed by atoms with van der Waals surface area (Å²) < 4.78 is 1.58. The SMILES string of the molecule is CC(=O)n1c(SCC(=O)NC2CCCCC2C)nc2ccccc21. The van der Waals surface area contributed by atoms with E-state index >= 15 is 0 Å². The van der Waals surface area contributed by atoms with Crippen molar-refractivity contribution in [2.75, 3.05) is 5.75 Å². The van der Waals surface area contributed by atoms with Gasteiger partial charge in [-0.2, -0.15) is 0 Å². The summed E-state index contributed by atoms with van der Waals surface area (Å²) in [7, 11) is 0. The molecule has 1 aromatic heterocycles. The van der Waals surface area contributed by atoms with Crippen molar-refractivity contribution in [1.29, 1.82) is 0 Å². The van der Waals surface area contributed by atoms with Gasteiger partial charge in [0.15, 0.2) is 5.16 Å². The third-order valence-electron chi connectivity index (χ3n) is 4.64. The van der Waals surface area contributed by atoms with E-state index in [1.165, 1.54) is 37.9 Å². The summed E-state index contributed by atoms with van der Waals surface area (Å²) in [5.41, 5.74) is 1.56. The Morgan fingerprint density at radius 3 is 2.79 bits per heavy atom. The molecule has 1 aromatic carbocycles. The number of hydrogen-bond acceptors (Lipinski definition) is 4. The fourth-order valence-electron chi connectivity index (χ4n) is 3.31. The fraction of sp³-hybridized carbons (Fsp3) is 0.500. The van der Waals surface area contributed by atoms with Gasteiger partial charge in [-0.1, -0.05) is 43.7 Å². The summed E-state index contributed by atoms with van der Waals surface area (Å²) in [6.07, 6.45) is 4.68. The molecule has 2 aromatic rings. The number of thioether (sulfide) groups is 1. The molecule has 0 aliphatic heterocycles. The van der Waals surface area contributed by atoms with E-state index in [-0.39, 0.29) is 23.6 Å². The van der Waals surface area contributed by atoms with Crippen molar-refractivity contribution >= 4 is 34.6 Å². The van der Waals surface area contributed by atoms with Crippen molar-refractivity contribution in [3.8, 4) is 0 Å². The topological polar surface area (TPSA) is 64.0 Å². The maximum Gasteiger partial charge on any atom is 0.230 e. The predicted octanol–water partition coefficient (Wildman–Crippen LogP) is 3.48. The van der Waals surface area contributed by atoms with Crippen LogP contribution in [-0.4, -0.2) is 33.2 Å². The number of carbonyl (C=O) groups is 2. The number of benzene rings is 1. The van der Waals surface area contributed by atoms with Crippen molar-refractivity contribution in [3.63, 3.8) is 0 Å². The minimum atomic E-state index is -0.0903. The Kier molecular flexibility index (Phi) is 5.23. The van der Waals surface area contributed by atoms with E-state index in [1.807, 2.05) is 24.3 Å². The first-order chi connectivity index (χ1) is 11.6. The Morgan fingerprint density at radius 1 is 1.29 bits per heavy atom. The number of nitrogens with zero attached hydrogens (tertiary/aromatic N) is 2. The van der Waals surface area contributed by atoms with Crippen LogP contribution in [0.1, 0.15) is 44.3 Å². The Hall–Kier alpha value is -1.82. The number of carbonyl (C=O) groups excluding carboxylic acids is 2. The van der Waals surface area contributed by atoms with Crippen molar-refractivity contribution in [2.24, 2.45) is 5.92 Å². The Balaban J connectivity index is 1.68. The second-order valence-electron chi connectivity index (χ2n) is 6.46. The molecule has 1 N–H and O–H groups in total. The lowest BCUT2D eigenvalue weighted by Gasteiger charge is -2.29. The summed E-state index contributed by atoms with van der Waals surface area (Å²) >= 11 is 1.32. The van der Waals surface area contributed by atoms with Gasteiger partial charge >= 0.3 is 0 Å². The van der Waals surface area contributed by atoms with Gasteiger partial charge in [0, 0.05) is 13.0 Å². The molecule has 0 saturated heterocycles. The zero-order chi connectivity index (χ0) is 17.1. The van der Waals surface area contributed by atoms with Crippen LogP contribution in [0.4, 0.5) is 0 Å². The highest BCUT2D eigenvalue weighted by atomic mass is 32.2. The molecule has 1 amide bonds. The number of amides is 1. The second-order valence-corrected chi connectivity index (χ2v) is 7.40. The molecule has 24 heavy (non-hydrogen) atoms. The van der Waals surface area contributed by atoms with E-state index in [0.29, 0.717) is 11.1 Å². The summed E-state index contributed by atoms with van der Waals surface area (Å²) in [4.78, 5) is 28.7. The van der Waals surface area contributed by atoms with Crippen molar-refractivity contribution in [2.45, 2.75) is 50.7 Å². The van der Waals surface area contributed by atoms with E-state index in [4.69, 9.17) is 0 Å². The average molecular weight is 345 g/mol. The molecule has 128 valence electrons. The van der Waals surface area contributed by atoms with E-state index in [1.54, 1.807) is 4.57 Å². The molecule has 1 heterocycles. The van der Waals surface area contributed by atoms with E-state index < -0.39 is 0 Å². The van der Waals surface area contributed by atoms with Gasteiger partial charge in [-0.05, 0) is 30.9 Å². The first kappa shape index (κ1) is 17.0. The van der Waals surface area contributed by atoms with Gasteiger partial charge in [0.25, 0.3) is 0 Å². The molecule has 0 bridgehead atoms. The largest absolute Gasteiger partial charge is 0.352 e. The maximum atomic E-state index is 12.3. The standard InChI is InChI=1S/C18H23N3O2S/c1-12-7-3-4-8-14(12)19-17(23)11-24-18-20-15-9-5-6-10-16(15)21(18)13(2)22/h5-6,9-10,12,14H,3-4,7-8,11H2,1-2H3,(H,19,23). The Morgan fingerprint density at radius 2 is 2.04 bits per heavy atom. The van der Waals surface area contributed by atoms with Crippen LogP contribution in [0.3, 0.4) is 0 Å². The lowest BCUT2D eigenvalue weighted by molar-refractivity contribution is -0.119. The monoisotopic (exact) mass is 345 g/mol. The first-order valence-electron chi connectivity index (χ1n) is 8.47. The Bertz CT molecular complexity index is 756. The molecule has 1 fully saturated rings. The lowest BCUT2D eigenvalue weighted by Crippen LogP contribution is -2.41. The van der Waals surface area contributed by atoms with Gasteiger partial charge in [-0.3, -0.25) is 14.2 Å². The maximum absolute atomic E-state index is 12.3. The van der Waals surface area contributed by atoms with Crippen molar-refractivity contribution < 1.29 is 9.59 Å². The normalized spacial score (nSPS) is 20.9. The van der Waals surface area contributed by atoms with Crippen LogP contribution >= 0.6 is 11.8 Å². The van der Waals surface area contributed by atoms with Gasteiger partial charge in [-0.15, -0.1) is 0 Å². The van der Waals surface area contributed by atoms with Gasteiger partial charge in [0.2, 0.25) is 11.8 Å². The molecule has 0 spiro atoms. The van der Waals surface area contributed by atoms with Crippen LogP contribution in [-0.2, 0) is 4.79 Å². The summed E-state index contributed by atoms with van der Waals surface area (Å²) in [5, 5.41) is 3.72.